The lowest BCUT2D eigenvalue weighted by atomic mass is 9.88. The van der Waals surface area contributed by atoms with E-state index in [0.29, 0.717) is 12.5 Å². The van der Waals surface area contributed by atoms with Crippen molar-refractivity contribution >= 4 is 18.0 Å². The smallest absolute Gasteiger partial charge is 0.319 e. The van der Waals surface area contributed by atoms with Gasteiger partial charge in [-0.25, -0.2) is 4.79 Å². The second-order valence-corrected chi connectivity index (χ2v) is 7.30. The number of hydrogen-bond acceptors (Lipinski definition) is 4. The first-order chi connectivity index (χ1) is 13.6. The third-order valence-electron chi connectivity index (χ3n) is 5.17. The first-order valence-electron chi connectivity index (χ1n) is 9.51. The molecule has 1 saturated heterocycles. The van der Waals surface area contributed by atoms with E-state index in [1.807, 2.05) is 55.5 Å². The zero-order chi connectivity index (χ0) is 19.9. The summed E-state index contributed by atoms with van der Waals surface area (Å²) in [4.78, 5) is 25.2. The number of carbonyl (C=O) groups is 2. The van der Waals surface area contributed by atoms with Crippen molar-refractivity contribution in [2.45, 2.75) is 20.0 Å². The lowest BCUT2D eigenvalue weighted by Crippen LogP contribution is -2.48. The fourth-order valence-electron chi connectivity index (χ4n) is 3.24. The van der Waals surface area contributed by atoms with E-state index in [4.69, 9.17) is 4.74 Å². The van der Waals surface area contributed by atoms with Crippen LogP contribution in [-0.2, 0) is 17.9 Å². The predicted molar refractivity (Wildman–Crippen MR) is 109 cm³/mol. The van der Waals surface area contributed by atoms with E-state index in [1.54, 1.807) is 7.11 Å². The van der Waals surface area contributed by atoms with E-state index in [9.17, 15) is 9.59 Å². The molecule has 2 N–H and O–H groups in total. The molecule has 6 nitrogen and oxygen atoms in total. The molecule has 0 bridgehead atoms. The standard InChI is InChI=1S/C22H27N3O3/c1-16(15-26)19-13-25(14-19)12-18-3-7-20(8-4-18)24-22(27)23-11-17-5-9-21(28-2)10-6-17/h3-10,15-16,19H,11-14H2,1-2H3,(H2,23,24,27)/t16-/m1/s1. The molecule has 2 aromatic rings. The maximum atomic E-state index is 12.1. The highest BCUT2D eigenvalue weighted by atomic mass is 16.5. The van der Waals surface area contributed by atoms with Gasteiger partial charge in [0.05, 0.1) is 7.11 Å². The highest BCUT2D eigenvalue weighted by molar-refractivity contribution is 5.89. The summed E-state index contributed by atoms with van der Waals surface area (Å²) < 4.78 is 5.12. The Hall–Kier alpha value is -2.86. The maximum absolute atomic E-state index is 12.1. The van der Waals surface area contributed by atoms with Gasteiger partial charge in [0.1, 0.15) is 12.0 Å². The molecule has 0 saturated carbocycles. The van der Waals surface area contributed by atoms with Crippen LogP contribution in [0.2, 0.25) is 0 Å². The molecule has 3 rings (SSSR count). The van der Waals surface area contributed by atoms with Gasteiger partial charge in [0.25, 0.3) is 0 Å². The number of carbonyl (C=O) groups excluding carboxylic acids is 2. The number of aldehydes is 1. The van der Waals surface area contributed by atoms with Crippen LogP contribution in [0.4, 0.5) is 10.5 Å². The minimum absolute atomic E-state index is 0.138. The fourth-order valence-corrected chi connectivity index (χ4v) is 3.24. The minimum atomic E-state index is -0.239. The Morgan fingerprint density at radius 3 is 2.39 bits per heavy atom. The van der Waals surface area contributed by atoms with E-state index in [1.165, 1.54) is 5.56 Å². The van der Waals surface area contributed by atoms with Gasteiger partial charge in [0.15, 0.2) is 0 Å². The van der Waals surface area contributed by atoms with E-state index >= 15 is 0 Å². The number of hydrogen-bond donors (Lipinski definition) is 2. The van der Waals surface area contributed by atoms with Crippen LogP contribution >= 0.6 is 0 Å². The second kappa shape index (κ2) is 9.37. The number of nitrogens with one attached hydrogen (secondary N) is 2. The number of nitrogens with zero attached hydrogens (tertiary/aromatic N) is 1. The molecule has 1 aliphatic heterocycles. The lowest BCUT2D eigenvalue weighted by molar-refractivity contribution is -0.114. The number of benzene rings is 2. The molecule has 0 radical (unpaired) electrons. The normalized spacial score (nSPS) is 15.4. The number of likely N-dealkylation sites (tertiary alicyclic amines) is 1. The fraction of sp³-hybridized carbons (Fsp3) is 0.364. The zero-order valence-electron chi connectivity index (χ0n) is 16.4. The van der Waals surface area contributed by atoms with Crippen LogP contribution in [0.15, 0.2) is 48.5 Å². The van der Waals surface area contributed by atoms with Crippen molar-refractivity contribution in [3.05, 3.63) is 59.7 Å². The molecular formula is C22H27N3O3. The van der Waals surface area contributed by atoms with Gasteiger partial charge in [-0.1, -0.05) is 31.2 Å². The minimum Gasteiger partial charge on any atom is -0.497 e. The van der Waals surface area contributed by atoms with Crippen LogP contribution in [0.3, 0.4) is 0 Å². The Balaban J connectivity index is 1.41. The average molecular weight is 381 g/mol. The average Bonchev–Trinajstić information content (AvgIpc) is 2.70. The van der Waals surface area contributed by atoms with Gasteiger partial charge in [0, 0.05) is 37.8 Å². The molecule has 2 aromatic carbocycles. The third-order valence-corrected chi connectivity index (χ3v) is 5.17. The second-order valence-electron chi connectivity index (χ2n) is 7.30. The molecule has 1 fully saturated rings. The number of anilines is 1. The Morgan fingerprint density at radius 2 is 1.79 bits per heavy atom. The molecular weight excluding hydrogens is 354 g/mol. The Labute approximate surface area is 165 Å². The summed E-state index contributed by atoms with van der Waals surface area (Å²) in [5.74, 6) is 1.41. The maximum Gasteiger partial charge on any atom is 0.319 e. The van der Waals surface area contributed by atoms with Crippen LogP contribution < -0.4 is 15.4 Å². The van der Waals surface area contributed by atoms with E-state index in [2.05, 4.69) is 15.5 Å². The van der Waals surface area contributed by atoms with Crippen LogP contribution in [-0.4, -0.2) is 37.4 Å². The number of urea groups is 1. The van der Waals surface area contributed by atoms with Crippen LogP contribution in [0, 0.1) is 11.8 Å². The van der Waals surface area contributed by atoms with Crippen molar-refractivity contribution in [3.63, 3.8) is 0 Å². The summed E-state index contributed by atoms with van der Waals surface area (Å²) in [6.45, 7) is 5.23. The first-order valence-corrected chi connectivity index (χ1v) is 9.51. The van der Waals surface area contributed by atoms with E-state index in [0.717, 1.165) is 42.9 Å². The molecule has 0 unspecified atom stereocenters. The molecule has 2 amide bonds. The van der Waals surface area contributed by atoms with Gasteiger partial charge in [-0.15, -0.1) is 0 Å². The molecule has 6 heteroatoms. The van der Waals surface area contributed by atoms with Crippen LogP contribution in [0.5, 0.6) is 5.75 Å². The van der Waals surface area contributed by atoms with Gasteiger partial charge < -0.3 is 20.2 Å². The quantitative estimate of drug-likeness (QED) is 0.689. The number of ether oxygens (including phenoxy) is 1. The van der Waals surface area contributed by atoms with Crippen molar-refractivity contribution in [2.24, 2.45) is 11.8 Å². The summed E-state index contributed by atoms with van der Waals surface area (Å²) in [6, 6.07) is 15.2. The zero-order valence-corrected chi connectivity index (χ0v) is 16.4. The van der Waals surface area contributed by atoms with Crippen molar-refractivity contribution in [1.82, 2.24) is 10.2 Å². The van der Waals surface area contributed by atoms with Crippen molar-refractivity contribution < 1.29 is 14.3 Å². The molecule has 1 atom stereocenters. The molecule has 1 aliphatic rings. The highest BCUT2D eigenvalue weighted by Gasteiger charge is 2.30. The number of rotatable bonds is 8. The summed E-state index contributed by atoms with van der Waals surface area (Å²) >= 11 is 0. The molecule has 28 heavy (non-hydrogen) atoms. The predicted octanol–water partition coefficient (Wildman–Crippen LogP) is 3.28. The summed E-state index contributed by atoms with van der Waals surface area (Å²) in [5.41, 5.74) is 2.96. The molecule has 0 aromatic heterocycles. The van der Waals surface area contributed by atoms with Crippen LogP contribution in [0.25, 0.3) is 0 Å². The van der Waals surface area contributed by atoms with Crippen molar-refractivity contribution in [3.8, 4) is 5.75 Å². The summed E-state index contributed by atoms with van der Waals surface area (Å²) in [6.07, 6.45) is 1.04. The van der Waals surface area contributed by atoms with Crippen molar-refractivity contribution in [2.75, 3.05) is 25.5 Å². The van der Waals surface area contributed by atoms with Gasteiger partial charge in [0.2, 0.25) is 0 Å². The van der Waals surface area contributed by atoms with E-state index < -0.39 is 0 Å². The highest BCUT2D eigenvalue weighted by Crippen LogP contribution is 2.24. The molecule has 0 spiro atoms. The van der Waals surface area contributed by atoms with Gasteiger partial charge >= 0.3 is 6.03 Å². The lowest BCUT2D eigenvalue weighted by Gasteiger charge is -2.41. The topological polar surface area (TPSA) is 70.7 Å². The van der Waals surface area contributed by atoms with E-state index in [-0.39, 0.29) is 11.9 Å². The summed E-state index contributed by atoms with van der Waals surface area (Å²) in [5, 5.41) is 5.69. The summed E-state index contributed by atoms with van der Waals surface area (Å²) in [7, 11) is 1.63. The Morgan fingerprint density at radius 1 is 1.14 bits per heavy atom. The third kappa shape index (κ3) is 5.33. The van der Waals surface area contributed by atoms with Gasteiger partial charge in [-0.3, -0.25) is 4.90 Å². The molecule has 0 aliphatic carbocycles. The largest absolute Gasteiger partial charge is 0.497 e. The van der Waals surface area contributed by atoms with Crippen molar-refractivity contribution in [1.29, 1.82) is 0 Å². The first kappa shape index (κ1) is 19.9. The SMILES string of the molecule is COc1ccc(CNC(=O)Nc2ccc(CN3CC([C@H](C)C=O)C3)cc2)cc1. The number of amides is 2. The Bertz CT molecular complexity index is 784. The van der Waals surface area contributed by atoms with Gasteiger partial charge in [-0.05, 0) is 41.3 Å². The van der Waals surface area contributed by atoms with Crippen LogP contribution in [0.1, 0.15) is 18.1 Å². The molecule has 148 valence electrons. The monoisotopic (exact) mass is 381 g/mol. The number of methoxy groups -OCH3 is 1. The van der Waals surface area contributed by atoms with Gasteiger partial charge in [-0.2, -0.15) is 0 Å². The molecule has 1 heterocycles. The Kier molecular flexibility index (Phi) is 6.66.